The highest BCUT2D eigenvalue weighted by Crippen LogP contribution is 2.31. The van der Waals surface area contributed by atoms with Gasteiger partial charge in [-0.25, -0.2) is 0 Å². The van der Waals surface area contributed by atoms with Crippen molar-refractivity contribution < 1.29 is 4.74 Å². The lowest BCUT2D eigenvalue weighted by Crippen LogP contribution is -2.29. The van der Waals surface area contributed by atoms with Crippen LogP contribution in [0.4, 0.5) is 0 Å². The minimum Gasteiger partial charge on any atom is -0.378 e. The zero-order valence-electron chi connectivity index (χ0n) is 9.52. The number of alkyl halides is 1. The monoisotopic (exact) mass is 262 g/mol. The fraction of sp³-hybridized carbons (Fsp3) is 1.00. The van der Waals surface area contributed by atoms with Gasteiger partial charge in [0.1, 0.15) is 0 Å². The van der Waals surface area contributed by atoms with E-state index in [1.165, 1.54) is 38.5 Å². The van der Waals surface area contributed by atoms with Gasteiger partial charge in [-0.05, 0) is 25.7 Å². The third-order valence-electron chi connectivity index (χ3n) is 3.71. The average Bonchev–Trinajstić information content (AvgIpc) is 2.74. The molecule has 0 saturated heterocycles. The molecule has 0 unspecified atom stereocenters. The summed E-state index contributed by atoms with van der Waals surface area (Å²) in [4.78, 5) is 0. The molecule has 0 spiro atoms. The van der Waals surface area contributed by atoms with Crippen molar-refractivity contribution >= 4 is 15.9 Å². The standard InChI is InChI=1S/C12H23BrO/c1-3-12(4-2,9-13)10-14-11-7-5-6-8-11/h11H,3-10H2,1-2H3. The van der Waals surface area contributed by atoms with E-state index < -0.39 is 0 Å². The van der Waals surface area contributed by atoms with Crippen molar-refractivity contribution in [3.8, 4) is 0 Å². The SMILES string of the molecule is CCC(CC)(CBr)COC1CCCC1. The number of rotatable bonds is 6. The zero-order chi connectivity index (χ0) is 10.4. The third kappa shape index (κ3) is 3.23. The summed E-state index contributed by atoms with van der Waals surface area (Å²) in [6.07, 6.45) is 8.28. The minimum atomic E-state index is 0.378. The van der Waals surface area contributed by atoms with Crippen LogP contribution in [0.3, 0.4) is 0 Å². The Morgan fingerprint density at radius 2 is 1.79 bits per heavy atom. The van der Waals surface area contributed by atoms with Crippen molar-refractivity contribution in [1.82, 2.24) is 0 Å². The maximum atomic E-state index is 6.01. The topological polar surface area (TPSA) is 9.23 Å². The largest absolute Gasteiger partial charge is 0.378 e. The van der Waals surface area contributed by atoms with Crippen LogP contribution in [0.5, 0.6) is 0 Å². The van der Waals surface area contributed by atoms with Gasteiger partial charge in [-0.3, -0.25) is 0 Å². The maximum absolute atomic E-state index is 6.01. The van der Waals surface area contributed by atoms with Crippen LogP contribution in [-0.2, 0) is 4.74 Å². The molecule has 1 rings (SSSR count). The van der Waals surface area contributed by atoms with Gasteiger partial charge in [0.2, 0.25) is 0 Å². The van der Waals surface area contributed by atoms with E-state index in [2.05, 4.69) is 29.8 Å². The molecule has 0 atom stereocenters. The first kappa shape index (κ1) is 12.5. The zero-order valence-corrected chi connectivity index (χ0v) is 11.1. The number of ether oxygens (including phenoxy) is 1. The normalized spacial score (nSPS) is 19.1. The van der Waals surface area contributed by atoms with E-state index in [0.717, 1.165) is 11.9 Å². The van der Waals surface area contributed by atoms with Gasteiger partial charge in [-0.15, -0.1) is 0 Å². The van der Waals surface area contributed by atoms with E-state index in [9.17, 15) is 0 Å². The molecule has 0 aromatic carbocycles. The molecular formula is C12H23BrO. The first-order valence-corrected chi connectivity index (χ1v) is 7.06. The summed E-state index contributed by atoms with van der Waals surface area (Å²) in [5.41, 5.74) is 0.378. The van der Waals surface area contributed by atoms with Gasteiger partial charge in [0, 0.05) is 10.7 Å². The number of halogens is 1. The van der Waals surface area contributed by atoms with Crippen LogP contribution < -0.4 is 0 Å². The van der Waals surface area contributed by atoms with E-state index in [1.54, 1.807) is 0 Å². The lowest BCUT2D eigenvalue weighted by atomic mass is 9.86. The maximum Gasteiger partial charge on any atom is 0.0575 e. The lowest BCUT2D eigenvalue weighted by molar-refractivity contribution is -0.000557. The van der Waals surface area contributed by atoms with Crippen molar-refractivity contribution in [3.63, 3.8) is 0 Å². The molecule has 1 saturated carbocycles. The Balaban J connectivity index is 2.31. The highest BCUT2D eigenvalue weighted by atomic mass is 79.9. The average molecular weight is 263 g/mol. The van der Waals surface area contributed by atoms with Gasteiger partial charge in [-0.1, -0.05) is 42.6 Å². The molecule has 1 fully saturated rings. The van der Waals surface area contributed by atoms with E-state index in [0.29, 0.717) is 11.5 Å². The van der Waals surface area contributed by atoms with E-state index in [-0.39, 0.29) is 0 Å². The predicted octanol–water partition coefficient (Wildman–Crippen LogP) is 4.15. The fourth-order valence-electron chi connectivity index (χ4n) is 2.03. The second kappa shape index (κ2) is 6.12. The van der Waals surface area contributed by atoms with Crippen molar-refractivity contribution in [2.75, 3.05) is 11.9 Å². The Bertz CT molecular complexity index is 140. The van der Waals surface area contributed by atoms with E-state index >= 15 is 0 Å². The molecule has 0 aromatic heterocycles. The second-order valence-electron chi connectivity index (χ2n) is 4.56. The van der Waals surface area contributed by atoms with Gasteiger partial charge < -0.3 is 4.74 Å². The predicted molar refractivity (Wildman–Crippen MR) is 65.0 cm³/mol. The van der Waals surface area contributed by atoms with Gasteiger partial charge in [-0.2, -0.15) is 0 Å². The molecule has 0 aliphatic heterocycles. The summed E-state index contributed by atoms with van der Waals surface area (Å²) in [6, 6.07) is 0. The smallest absolute Gasteiger partial charge is 0.0575 e. The first-order valence-electron chi connectivity index (χ1n) is 5.94. The molecule has 1 aliphatic carbocycles. The molecular weight excluding hydrogens is 240 g/mol. The molecule has 0 amide bonds. The Kier molecular flexibility index (Phi) is 5.47. The fourth-order valence-corrected chi connectivity index (χ4v) is 2.99. The minimum absolute atomic E-state index is 0.378. The lowest BCUT2D eigenvalue weighted by Gasteiger charge is -2.30. The highest BCUT2D eigenvalue weighted by molar-refractivity contribution is 9.09. The summed E-state index contributed by atoms with van der Waals surface area (Å²) in [5.74, 6) is 0. The number of hydrogen-bond donors (Lipinski definition) is 0. The van der Waals surface area contributed by atoms with E-state index in [4.69, 9.17) is 4.74 Å². The number of hydrogen-bond acceptors (Lipinski definition) is 1. The Morgan fingerprint density at radius 1 is 1.21 bits per heavy atom. The highest BCUT2D eigenvalue weighted by Gasteiger charge is 2.27. The van der Waals surface area contributed by atoms with Gasteiger partial charge >= 0.3 is 0 Å². The molecule has 84 valence electrons. The van der Waals surface area contributed by atoms with Gasteiger partial charge in [0.25, 0.3) is 0 Å². The summed E-state index contributed by atoms with van der Waals surface area (Å²) >= 11 is 3.62. The second-order valence-corrected chi connectivity index (χ2v) is 5.12. The molecule has 1 nitrogen and oxygen atoms in total. The van der Waals surface area contributed by atoms with Gasteiger partial charge in [0.15, 0.2) is 0 Å². The molecule has 0 N–H and O–H groups in total. The third-order valence-corrected chi connectivity index (χ3v) is 4.90. The molecule has 2 heteroatoms. The quantitative estimate of drug-likeness (QED) is 0.654. The van der Waals surface area contributed by atoms with Crippen molar-refractivity contribution in [1.29, 1.82) is 0 Å². The van der Waals surface area contributed by atoms with Crippen LogP contribution >= 0.6 is 15.9 Å². The Labute approximate surface area is 96.7 Å². The summed E-state index contributed by atoms with van der Waals surface area (Å²) in [7, 11) is 0. The van der Waals surface area contributed by atoms with Crippen molar-refractivity contribution in [3.05, 3.63) is 0 Å². The van der Waals surface area contributed by atoms with E-state index in [1.807, 2.05) is 0 Å². The van der Waals surface area contributed by atoms with Crippen LogP contribution in [0, 0.1) is 5.41 Å². The molecule has 14 heavy (non-hydrogen) atoms. The Morgan fingerprint density at radius 3 is 2.21 bits per heavy atom. The van der Waals surface area contributed by atoms with Crippen LogP contribution in [-0.4, -0.2) is 18.0 Å². The van der Waals surface area contributed by atoms with Gasteiger partial charge in [0.05, 0.1) is 12.7 Å². The summed E-state index contributed by atoms with van der Waals surface area (Å²) < 4.78 is 6.01. The van der Waals surface area contributed by atoms with Crippen molar-refractivity contribution in [2.45, 2.75) is 58.5 Å². The molecule has 0 bridgehead atoms. The Hall–Kier alpha value is 0.440. The summed E-state index contributed by atoms with van der Waals surface area (Å²) in [5, 5.41) is 1.07. The van der Waals surface area contributed by atoms with Crippen LogP contribution in [0.1, 0.15) is 52.4 Å². The molecule has 0 aromatic rings. The molecule has 0 radical (unpaired) electrons. The molecule has 1 aliphatic rings. The van der Waals surface area contributed by atoms with Crippen LogP contribution in [0.25, 0.3) is 0 Å². The first-order chi connectivity index (χ1) is 6.76. The van der Waals surface area contributed by atoms with Crippen LogP contribution in [0.15, 0.2) is 0 Å². The molecule has 0 heterocycles. The summed E-state index contributed by atoms with van der Waals surface area (Å²) in [6.45, 7) is 5.47. The van der Waals surface area contributed by atoms with Crippen molar-refractivity contribution in [2.24, 2.45) is 5.41 Å². The van der Waals surface area contributed by atoms with Crippen LogP contribution in [0.2, 0.25) is 0 Å².